The number of aromatic nitrogens is 3. The highest BCUT2D eigenvalue weighted by Gasteiger charge is 2.24. The summed E-state index contributed by atoms with van der Waals surface area (Å²) in [4.78, 5) is 17.0. The van der Waals surface area contributed by atoms with Gasteiger partial charge in [0.25, 0.3) is 0 Å². The van der Waals surface area contributed by atoms with Crippen molar-refractivity contribution >= 4 is 45.7 Å². The van der Waals surface area contributed by atoms with Gasteiger partial charge in [-0.3, -0.25) is 4.79 Å². The highest BCUT2D eigenvalue weighted by Crippen LogP contribution is 2.44. The van der Waals surface area contributed by atoms with Gasteiger partial charge in [0.15, 0.2) is 0 Å². The van der Waals surface area contributed by atoms with Gasteiger partial charge in [-0.05, 0) is 30.0 Å². The molecule has 0 radical (unpaired) electrons. The molecule has 1 amide bonds. The summed E-state index contributed by atoms with van der Waals surface area (Å²) < 4.78 is 0. The molecule has 0 saturated heterocycles. The highest BCUT2D eigenvalue weighted by atomic mass is 35.5. The fourth-order valence-corrected chi connectivity index (χ4v) is 4.55. The first-order valence-corrected chi connectivity index (χ1v) is 10.9. The standard InChI is InChI=1S/C23H17ClN4OS/c1-13-8-9-15(24)12-18(13)25-19(29)10-11-30-23-26-21-16-6-2-4-14-5-3-7-17(20(14)16)22(21)27-28-23/h2-9,12H,10-11H2,1H3,(H,25,29). The number of carbonyl (C=O) groups is 1. The van der Waals surface area contributed by atoms with E-state index in [1.807, 2.05) is 25.1 Å². The quantitative estimate of drug-likeness (QED) is 0.358. The predicted octanol–water partition coefficient (Wildman–Crippen LogP) is 5.75. The lowest BCUT2D eigenvalue weighted by Crippen LogP contribution is -2.13. The van der Waals surface area contributed by atoms with E-state index in [-0.39, 0.29) is 5.91 Å². The largest absolute Gasteiger partial charge is 0.326 e. The zero-order chi connectivity index (χ0) is 20.7. The van der Waals surface area contributed by atoms with Gasteiger partial charge in [0, 0.05) is 39.4 Å². The Morgan fingerprint density at radius 3 is 2.60 bits per heavy atom. The van der Waals surface area contributed by atoms with E-state index in [1.54, 1.807) is 12.1 Å². The van der Waals surface area contributed by atoms with Crippen LogP contribution in [-0.2, 0) is 4.79 Å². The van der Waals surface area contributed by atoms with Crippen molar-refractivity contribution in [3.63, 3.8) is 0 Å². The average molecular weight is 433 g/mol. The number of amides is 1. The number of anilines is 1. The van der Waals surface area contributed by atoms with Crippen LogP contribution in [0.25, 0.3) is 33.3 Å². The molecule has 0 bridgehead atoms. The van der Waals surface area contributed by atoms with Crippen molar-refractivity contribution in [2.45, 2.75) is 18.5 Å². The number of halogens is 1. The first-order chi connectivity index (χ1) is 14.6. The van der Waals surface area contributed by atoms with E-state index in [4.69, 9.17) is 16.6 Å². The molecule has 0 saturated carbocycles. The van der Waals surface area contributed by atoms with Crippen LogP contribution in [0.15, 0.2) is 59.8 Å². The second-order valence-corrected chi connectivity index (χ2v) is 8.61. The molecule has 5 rings (SSSR count). The molecule has 7 heteroatoms. The molecule has 0 fully saturated rings. The van der Waals surface area contributed by atoms with E-state index in [1.165, 1.54) is 22.5 Å². The number of rotatable bonds is 5. The molecule has 0 unspecified atom stereocenters. The summed E-state index contributed by atoms with van der Waals surface area (Å²) >= 11 is 7.44. The Labute approximate surface area is 182 Å². The Balaban J connectivity index is 1.28. The molecule has 4 aromatic rings. The first kappa shape index (κ1) is 19.0. The molecular formula is C23H17ClN4OS. The number of fused-ring (bicyclic) bond motifs is 3. The van der Waals surface area contributed by atoms with E-state index in [2.05, 4.69) is 39.8 Å². The van der Waals surface area contributed by atoms with Crippen LogP contribution < -0.4 is 5.32 Å². The molecule has 148 valence electrons. The van der Waals surface area contributed by atoms with Crippen LogP contribution in [0.4, 0.5) is 5.69 Å². The lowest BCUT2D eigenvalue weighted by Gasteiger charge is -2.08. The van der Waals surface area contributed by atoms with Crippen molar-refractivity contribution in [3.8, 4) is 22.5 Å². The summed E-state index contributed by atoms with van der Waals surface area (Å²) in [5.41, 5.74) is 5.55. The van der Waals surface area contributed by atoms with Crippen LogP contribution in [-0.4, -0.2) is 26.8 Å². The monoisotopic (exact) mass is 432 g/mol. The van der Waals surface area contributed by atoms with Crippen LogP contribution in [0.1, 0.15) is 12.0 Å². The van der Waals surface area contributed by atoms with Crippen molar-refractivity contribution in [1.29, 1.82) is 0 Å². The summed E-state index contributed by atoms with van der Waals surface area (Å²) in [6, 6.07) is 17.8. The molecule has 0 aliphatic heterocycles. The Morgan fingerprint density at radius 2 is 1.80 bits per heavy atom. The molecule has 0 spiro atoms. The molecular weight excluding hydrogens is 416 g/mol. The van der Waals surface area contributed by atoms with Gasteiger partial charge in [-0.2, -0.15) is 0 Å². The van der Waals surface area contributed by atoms with Gasteiger partial charge in [0.2, 0.25) is 11.1 Å². The van der Waals surface area contributed by atoms with E-state index in [0.29, 0.717) is 22.4 Å². The Hall–Kier alpha value is -2.96. The average Bonchev–Trinajstić information content (AvgIpc) is 3.06. The molecule has 1 aliphatic rings. The van der Waals surface area contributed by atoms with Crippen LogP contribution >= 0.6 is 23.4 Å². The molecule has 3 aromatic carbocycles. The number of benzene rings is 3. The van der Waals surface area contributed by atoms with Crippen LogP contribution in [0.3, 0.4) is 0 Å². The fourth-order valence-electron chi connectivity index (χ4n) is 3.65. The molecule has 0 atom stereocenters. The number of hydrogen-bond donors (Lipinski definition) is 1. The van der Waals surface area contributed by atoms with Gasteiger partial charge in [-0.1, -0.05) is 65.8 Å². The van der Waals surface area contributed by atoms with Crippen molar-refractivity contribution in [1.82, 2.24) is 15.2 Å². The van der Waals surface area contributed by atoms with Crippen molar-refractivity contribution in [2.75, 3.05) is 11.1 Å². The Kier molecular flexibility index (Phi) is 4.89. The SMILES string of the molecule is Cc1ccc(Cl)cc1NC(=O)CCSc1nnc2c(n1)-c1cccc3cccc-2c13. The second kappa shape index (κ2) is 7.70. The maximum Gasteiger partial charge on any atom is 0.225 e. The number of aryl methyl sites for hydroxylation is 1. The van der Waals surface area contributed by atoms with Gasteiger partial charge in [0.1, 0.15) is 11.4 Å². The summed E-state index contributed by atoms with van der Waals surface area (Å²) in [5, 5.41) is 15.1. The third kappa shape index (κ3) is 3.42. The highest BCUT2D eigenvalue weighted by molar-refractivity contribution is 7.99. The molecule has 1 aliphatic carbocycles. The van der Waals surface area contributed by atoms with Crippen LogP contribution in [0.2, 0.25) is 5.02 Å². The van der Waals surface area contributed by atoms with E-state index in [9.17, 15) is 4.79 Å². The van der Waals surface area contributed by atoms with Gasteiger partial charge >= 0.3 is 0 Å². The zero-order valence-corrected chi connectivity index (χ0v) is 17.7. The van der Waals surface area contributed by atoms with Gasteiger partial charge < -0.3 is 5.32 Å². The lowest BCUT2D eigenvalue weighted by molar-refractivity contribution is -0.115. The van der Waals surface area contributed by atoms with Crippen LogP contribution in [0, 0.1) is 6.92 Å². The number of carbonyl (C=O) groups excluding carboxylic acids is 1. The first-order valence-electron chi connectivity index (χ1n) is 9.56. The summed E-state index contributed by atoms with van der Waals surface area (Å²) in [6.45, 7) is 1.93. The number of nitrogens with one attached hydrogen (secondary N) is 1. The van der Waals surface area contributed by atoms with Gasteiger partial charge in [-0.15, -0.1) is 10.2 Å². The molecule has 1 aromatic heterocycles. The zero-order valence-electron chi connectivity index (χ0n) is 16.1. The van der Waals surface area contributed by atoms with E-state index < -0.39 is 0 Å². The third-order valence-corrected chi connectivity index (χ3v) is 6.19. The van der Waals surface area contributed by atoms with Crippen molar-refractivity contribution in [3.05, 3.63) is 65.2 Å². The van der Waals surface area contributed by atoms with Gasteiger partial charge in [0.05, 0.1) is 0 Å². The predicted molar refractivity (Wildman–Crippen MR) is 122 cm³/mol. The summed E-state index contributed by atoms with van der Waals surface area (Å²) in [5.74, 6) is 0.488. The number of nitrogens with zero attached hydrogens (tertiary/aromatic N) is 3. The number of hydrogen-bond acceptors (Lipinski definition) is 5. The van der Waals surface area contributed by atoms with Gasteiger partial charge in [-0.25, -0.2) is 4.98 Å². The number of thioether (sulfide) groups is 1. The molecule has 1 heterocycles. The molecule has 5 nitrogen and oxygen atoms in total. The Morgan fingerprint density at radius 1 is 1.03 bits per heavy atom. The molecule has 30 heavy (non-hydrogen) atoms. The molecule has 1 N–H and O–H groups in total. The summed E-state index contributed by atoms with van der Waals surface area (Å²) in [6.07, 6.45) is 0.340. The minimum atomic E-state index is -0.0702. The Bertz CT molecular complexity index is 1300. The third-order valence-electron chi connectivity index (χ3n) is 5.12. The maximum absolute atomic E-state index is 12.3. The van der Waals surface area contributed by atoms with E-state index in [0.717, 1.165) is 33.8 Å². The minimum Gasteiger partial charge on any atom is -0.326 e. The summed E-state index contributed by atoms with van der Waals surface area (Å²) in [7, 11) is 0. The normalized spacial score (nSPS) is 11.5. The fraction of sp³-hybridized carbons (Fsp3) is 0.130. The lowest BCUT2D eigenvalue weighted by atomic mass is 10.0. The van der Waals surface area contributed by atoms with Crippen LogP contribution in [0.5, 0.6) is 0 Å². The van der Waals surface area contributed by atoms with E-state index >= 15 is 0 Å². The van der Waals surface area contributed by atoms with Crippen molar-refractivity contribution in [2.24, 2.45) is 0 Å². The smallest absolute Gasteiger partial charge is 0.225 e. The topological polar surface area (TPSA) is 67.8 Å². The minimum absolute atomic E-state index is 0.0702. The second-order valence-electron chi connectivity index (χ2n) is 7.11. The van der Waals surface area contributed by atoms with Crippen molar-refractivity contribution < 1.29 is 4.79 Å². The maximum atomic E-state index is 12.3.